The van der Waals surface area contributed by atoms with Crippen molar-refractivity contribution >= 4 is 17.5 Å². The second-order valence-electron chi connectivity index (χ2n) is 6.48. The highest BCUT2D eigenvalue weighted by molar-refractivity contribution is 6.32. The highest BCUT2D eigenvalue weighted by Crippen LogP contribution is 2.34. The van der Waals surface area contributed by atoms with Crippen molar-refractivity contribution in [2.24, 2.45) is 0 Å². The molecule has 1 saturated heterocycles. The van der Waals surface area contributed by atoms with Gasteiger partial charge < -0.3 is 15.2 Å². The van der Waals surface area contributed by atoms with E-state index in [9.17, 15) is 9.90 Å². The summed E-state index contributed by atoms with van der Waals surface area (Å²) in [4.78, 5) is 15.0. The average molecular weight is 375 g/mol. The SMILES string of the molecule is COc1ccc(Cl)c(O)c1C(=O)NC1CCN(Cc2ccccc2)CC1. The first-order valence-electron chi connectivity index (χ1n) is 8.71. The number of carbonyl (C=O) groups excluding carboxylic acids is 1. The Morgan fingerprint density at radius 1 is 1.23 bits per heavy atom. The lowest BCUT2D eigenvalue weighted by Crippen LogP contribution is -2.44. The van der Waals surface area contributed by atoms with Crippen LogP contribution in [0.4, 0.5) is 0 Å². The van der Waals surface area contributed by atoms with E-state index in [4.69, 9.17) is 16.3 Å². The Balaban J connectivity index is 1.58. The smallest absolute Gasteiger partial charge is 0.259 e. The van der Waals surface area contributed by atoms with Crippen molar-refractivity contribution in [3.8, 4) is 11.5 Å². The zero-order valence-corrected chi connectivity index (χ0v) is 15.5. The second-order valence-corrected chi connectivity index (χ2v) is 6.89. The second kappa shape index (κ2) is 8.43. The molecule has 1 aliphatic rings. The molecule has 1 amide bonds. The van der Waals surface area contributed by atoms with Crippen LogP contribution in [0.5, 0.6) is 11.5 Å². The van der Waals surface area contributed by atoms with Gasteiger partial charge in [-0.2, -0.15) is 0 Å². The number of amides is 1. The third kappa shape index (κ3) is 4.29. The Hall–Kier alpha value is -2.24. The van der Waals surface area contributed by atoms with Gasteiger partial charge in [0.1, 0.15) is 11.3 Å². The summed E-state index contributed by atoms with van der Waals surface area (Å²) in [6, 6.07) is 13.5. The molecule has 0 aromatic heterocycles. The van der Waals surface area contributed by atoms with Crippen molar-refractivity contribution in [1.82, 2.24) is 10.2 Å². The zero-order valence-electron chi connectivity index (χ0n) is 14.7. The van der Waals surface area contributed by atoms with Gasteiger partial charge in [-0.3, -0.25) is 9.69 Å². The molecule has 5 nitrogen and oxygen atoms in total. The molecule has 2 aromatic rings. The van der Waals surface area contributed by atoms with Crippen LogP contribution in [-0.2, 0) is 6.54 Å². The van der Waals surface area contributed by atoms with Gasteiger partial charge in [-0.1, -0.05) is 41.9 Å². The molecule has 0 radical (unpaired) electrons. The first-order valence-corrected chi connectivity index (χ1v) is 9.09. The number of phenols is 1. The number of likely N-dealkylation sites (tertiary alicyclic amines) is 1. The number of ether oxygens (including phenoxy) is 1. The molecule has 0 spiro atoms. The van der Waals surface area contributed by atoms with Crippen LogP contribution in [0.2, 0.25) is 5.02 Å². The Kier molecular flexibility index (Phi) is 6.01. The summed E-state index contributed by atoms with van der Waals surface area (Å²) in [5.41, 5.74) is 1.38. The predicted molar refractivity (Wildman–Crippen MR) is 102 cm³/mol. The Morgan fingerprint density at radius 3 is 2.58 bits per heavy atom. The number of hydrogen-bond acceptors (Lipinski definition) is 4. The van der Waals surface area contributed by atoms with Gasteiger partial charge in [0.2, 0.25) is 0 Å². The molecule has 0 aliphatic carbocycles. The van der Waals surface area contributed by atoms with Crippen LogP contribution >= 0.6 is 11.6 Å². The lowest BCUT2D eigenvalue weighted by Gasteiger charge is -2.32. The predicted octanol–water partition coefficient (Wildman–Crippen LogP) is 3.45. The van der Waals surface area contributed by atoms with Crippen LogP contribution in [-0.4, -0.2) is 42.2 Å². The molecular formula is C20H23ClN2O3. The number of methoxy groups -OCH3 is 1. The first-order chi connectivity index (χ1) is 12.6. The zero-order chi connectivity index (χ0) is 18.5. The fraction of sp³-hybridized carbons (Fsp3) is 0.350. The molecule has 0 saturated carbocycles. The van der Waals surface area contributed by atoms with Crippen molar-refractivity contribution in [2.75, 3.05) is 20.2 Å². The van der Waals surface area contributed by atoms with Gasteiger partial charge >= 0.3 is 0 Å². The number of benzene rings is 2. The molecule has 1 fully saturated rings. The number of halogens is 1. The molecule has 138 valence electrons. The number of nitrogens with zero attached hydrogens (tertiary/aromatic N) is 1. The molecular weight excluding hydrogens is 352 g/mol. The van der Waals surface area contributed by atoms with E-state index in [1.54, 1.807) is 6.07 Å². The Labute approximate surface area is 158 Å². The van der Waals surface area contributed by atoms with Gasteiger partial charge in [-0.15, -0.1) is 0 Å². The summed E-state index contributed by atoms with van der Waals surface area (Å²) in [5.74, 6) is -0.292. The van der Waals surface area contributed by atoms with Crippen molar-refractivity contribution in [3.05, 3.63) is 58.6 Å². The first kappa shape index (κ1) is 18.5. The summed E-state index contributed by atoms with van der Waals surface area (Å²) in [6.45, 7) is 2.75. The Morgan fingerprint density at radius 2 is 1.92 bits per heavy atom. The van der Waals surface area contributed by atoms with Crippen LogP contribution in [0.1, 0.15) is 28.8 Å². The van der Waals surface area contributed by atoms with Crippen molar-refractivity contribution in [3.63, 3.8) is 0 Å². The van der Waals surface area contributed by atoms with E-state index in [1.807, 2.05) is 18.2 Å². The summed E-state index contributed by atoms with van der Waals surface area (Å²) in [5, 5.41) is 13.3. The fourth-order valence-corrected chi connectivity index (χ4v) is 3.43. The fourth-order valence-electron chi connectivity index (χ4n) is 3.27. The molecule has 2 N–H and O–H groups in total. The number of carbonyl (C=O) groups is 1. The topological polar surface area (TPSA) is 61.8 Å². The van der Waals surface area contributed by atoms with Crippen molar-refractivity contribution < 1.29 is 14.6 Å². The summed E-state index contributed by atoms with van der Waals surface area (Å²) >= 11 is 5.93. The van der Waals surface area contributed by atoms with Crippen LogP contribution in [0, 0.1) is 0 Å². The van der Waals surface area contributed by atoms with Gasteiger partial charge in [0.25, 0.3) is 5.91 Å². The molecule has 0 atom stereocenters. The van der Waals surface area contributed by atoms with E-state index in [-0.39, 0.29) is 28.3 Å². The maximum atomic E-state index is 12.6. The third-order valence-corrected chi connectivity index (χ3v) is 5.01. The van der Waals surface area contributed by atoms with Crippen molar-refractivity contribution in [2.45, 2.75) is 25.4 Å². The van der Waals surface area contributed by atoms with Crippen molar-refractivity contribution in [1.29, 1.82) is 0 Å². The third-order valence-electron chi connectivity index (χ3n) is 4.71. The maximum absolute atomic E-state index is 12.6. The van der Waals surface area contributed by atoms with Crippen LogP contribution in [0.3, 0.4) is 0 Å². The van der Waals surface area contributed by atoms with E-state index in [2.05, 4.69) is 22.3 Å². The molecule has 26 heavy (non-hydrogen) atoms. The maximum Gasteiger partial charge on any atom is 0.259 e. The molecule has 6 heteroatoms. The van der Waals surface area contributed by atoms with E-state index in [0.717, 1.165) is 32.5 Å². The number of piperidine rings is 1. The van der Waals surface area contributed by atoms with Crippen LogP contribution in [0.15, 0.2) is 42.5 Å². The van der Waals surface area contributed by atoms with Gasteiger partial charge in [-0.05, 0) is 30.5 Å². The van der Waals surface area contributed by atoms with Gasteiger partial charge in [0.05, 0.1) is 12.1 Å². The van der Waals surface area contributed by atoms with E-state index in [0.29, 0.717) is 5.75 Å². The lowest BCUT2D eigenvalue weighted by molar-refractivity contribution is 0.0903. The number of phenolic OH excluding ortho intramolecular Hbond substituents is 1. The number of rotatable bonds is 5. The van der Waals surface area contributed by atoms with Gasteiger partial charge in [-0.25, -0.2) is 0 Å². The minimum atomic E-state index is -0.358. The molecule has 1 aliphatic heterocycles. The quantitative estimate of drug-likeness (QED) is 0.841. The van der Waals surface area contributed by atoms with E-state index >= 15 is 0 Å². The van der Waals surface area contributed by atoms with Gasteiger partial charge in [0.15, 0.2) is 5.75 Å². The number of hydrogen-bond donors (Lipinski definition) is 2. The molecule has 3 rings (SSSR count). The van der Waals surface area contributed by atoms with Crippen LogP contribution in [0.25, 0.3) is 0 Å². The monoisotopic (exact) mass is 374 g/mol. The minimum absolute atomic E-state index is 0.0672. The van der Waals surface area contributed by atoms with E-state index < -0.39 is 0 Å². The molecule has 0 bridgehead atoms. The molecule has 2 aromatic carbocycles. The van der Waals surface area contributed by atoms with Crippen LogP contribution < -0.4 is 10.1 Å². The summed E-state index contributed by atoms with van der Waals surface area (Å²) in [6.07, 6.45) is 1.73. The molecule has 1 heterocycles. The standard InChI is InChI=1S/C20H23ClN2O3/c1-26-17-8-7-16(21)19(24)18(17)20(25)22-15-9-11-23(12-10-15)13-14-5-3-2-4-6-14/h2-8,15,24H,9-13H2,1H3,(H,22,25). The lowest BCUT2D eigenvalue weighted by atomic mass is 10.0. The highest BCUT2D eigenvalue weighted by Gasteiger charge is 2.25. The summed E-state index contributed by atoms with van der Waals surface area (Å²) < 4.78 is 5.19. The van der Waals surface area contributed by atoms with E-state index in [1.165, 1.54) is 18.7 Å². The highest BCUT2D eigenvalue weighted by atomic mass is 35.5. The Bertz CT molecular complexity index is 759. The minimum Gasteiger partial charge on any atom is -0.505 e. The van der Waals surface area contributed by atoms with Gasteiger partial charge in [0, 0.05) is 25.7 Å². The largest absolute Gasteiger partial charge is 0.505 e. The molecule has 0 unspecified atom stereocenters. The number of aromatic hydroxyl groups is 1. The summed E-state index contributed by atoms with van der Waals surface area (Å²) in [7, 11) is 1.46. The normalized spacial score (nSPS) is 15.6. The average Bonchev–Trinajstić information content (AvgIpc) is 2.66. The number of nitrogens with one attached hydrogen (secondary N) is 1.